The van der Waals surface area contributed by atoms with Crippen molar-refractivity contribution in [2.75, 3.05) is 11.9 Å². The Kier molecular flexibility index (Phi) is 4.61. The first kappa shape index (κ1) is 18.3. The molecule has 8 heteroatoms. The summed E-state index contributed by atoms with van der Waals surface area (Å²) in [5.41, 5.74) is 10.5. The van der Waals surface area contributed by atoms with E-state index in [-0.39, 0.29) is 0 Å². The van der Waals surface area contributed by atoms with Gasteiger partial charge in [0, 0.05) is 18.7 Å². The summed E-state index contributed by atoms with van der Waals surface area (Å²) in [6.45, 7) is 2.25. The van der Waals surface area contributed by atoms with Crippen molar-refractivity contribution in [3.63, 3.8) is 0 Å². The summed E-state index contributed by atoms with van der Waals surface area (Å²) in [7, 11) is 0. The molecule has 0 saturated heterocycles. The molecule has 0 aliphatic carbocycles. The molecule has 0 saturated carbocycles. The van der Waals surface area contributed by atoms with Gasteiger partial charge in [0.1, 0.15) is 23.5 Å². The van der Waals surface area contributed by atoms with Crippen LogP contribution in [-0.2, 0) is 19.5 Å². The summed E-state index contributed by atoms with van der Waals surface area (Å²) in [5, 5.41) is 6.85. The molecule has 0 unspecified atom stereocenters. The highest BCUT2D eigenvalue weighted by Crippen LogP contribution is 2.27. The van der Waals surface area contributed by atoms with Crippen molar-refractivity contribution in [3.05, 3.63) is 77.4 Å². The Morgan fingerprint density at radius 3 is 2.83 bits per heavy atom. The van der Waals surface area contributed by atoms with Gasteiger partial charge in [-0.05, 0) is 30.7 Å². The molecule has 1 aliphatic rings. The number of nitrogens with zero attached hydrogens (tertiary/aromatic N) is 4. The van der Waals surface area contributed by atoms with Gasteiger partial charge in [-0.1, -0.05) is 36.4 Å². The van der Waals surface area contributed by atoms with Gasteiger partial charge in [-0.15, -0.1) is 0 Å². The molecule has 1 aromatic carbocycles. The van der Waals surface area contributed by atoms with Crippen molar-refractivity contribution in [1.29, 1.82) is 0 Å². The van der Waals surface area contributed by atoms with Crippen LogP contribution in [0.5, 0.6) is 0 Å². The molecule has 5 rings (SSSR count). The predicted octanol–water partition coefficient (Wildman–Crippen LogP) is 2.15. The fraction of sp³-hybridized carbons (Fsp3) is 0.182. The number of imidazole rings is 1. The number of fused-ring (bicyclic) bond motifs is 2. The number of primary amides is 1. The zero-order valence-electron chi connectivity index (χ0n) is 16.3. The van der Waals surface area contributed by atoms with Crippen LogP contribution in [-0.4, -0.2) is 31.8 Å². The average molecular weight is 399 g/mol. The van der Waals surface area contributed by atoms with E-state index in [9.17, 15) is 4.79 Å². The molecule has 30 heavy (non-hydrogen) atoms. The third-order valence-electron chi connectivity index (χ3n) is 5.28. The fourth-order valence-electron chi connectivity index (χ4n) is 3.79. The number of carbonyl (C=O) groups excluding carboxylic acids is 1. The van der Waals surface area contributed by atoms with Crippen LogP contribution < -0.4 is 16.4 Å². The van der Waals surface area contributed by atoms with E-state index in [2.05, 4.69) is 27.8 Å². The van der Waals surface area contributed by atoms with Crippen molar-refractivity contribution in [1.82, 2.24) is 24.7 Å². The average Bonchev–Trinajstić information content (AvgIpc) is 3.22. The maximum atomic E-state index is 11.8. The molecule has 1 aliphatic heterocycles. The summed E-state index contributed by atoms with van der Waals surface area (Å²) >= 11 is 0. The van der Waals surface area contributed by atoms with Gasteiger partial charge in [0.15, 0.2) is 5.82 Å². The molecule has 0 spiro atoms. The predicted molar refractivity (Wildman–Crippen MR) is 114 cm³/mol. The van der Waals surface area contributed by atoms with Crippen LogP contribution in [0, 0.1) is 0 Å². The number of hydrogen-bond donors (Lipinski definition) is 3. The molecule has 0 bridgehead atoms. The number of carbonyl (C=O) groups is 1. The largest absolute Gasteiger partial charge is 0.366 e. The van der Waals surface area contributed by atoms with E-state index in [1.807, 2.05) is 24.3 Å². The minimum absolute atomic E-state index is 0.369. The van der Waals surface area contributed by atoms with Crippen molar-refractivity contribution in [3.8, 4) is 11.5 Å². The Morgan fingerprint density at radius 1 is 1.13 bits per heavy atom. The van der Waals surface area contributed by atoms with Crippen molar-refractivity contribution >= 4 is 17.2 Å². The first-order chi connectivity index (χ1) is 14.7. The summed E-state index contributed by atoms with van der Waals surface area (Å²) in [4.78, 5) is 25.9. The molecule has 150 valence electrons. The maximum absolute atomic E-state index is 11.8. The molecule has 0 radical (unpaired) electrons. The van der Waals surface area contributed by atoms with Gasteiger partial charge in [0.05, 0.1) is 11.2 Å². The third kappa shape index (κ3) is 3.27. The van der Waals surface area contributed by atoms with Crippen LogP contribution in [0.25, 0.3) is 17.0 Å². The lowest BCUT2D eigenvalue weighted by atomic mass is 10.1. The first-order valence-electron chi connectivity index (χ1n) is 9.85. The molecular weight excluding hydrogens is 378 g/mol. The molecule has 0 fully saturated rings. The van der Waals surface area contributed by atoms with Gasteiger partial charge < -0.3 is 16.4 Å². The number of anilines is 1. The van der Waals surface area contributed by atoms with E-state index >= 15 is 0 Å². The number of pyridine rings is 1. The molecule has 3 aromatic heterocycles. The minimum Gasteiger partial charge on any atom is -0.366 e. The van der Waals surface area contributed by atoms with E-state index < -0.39 is 5.91 Å². The van der Waals surface area contributed by atoms with Crippen LogP contribution in [0.4, 0.5) is 5.82 Å². The smallest absolute Gasteiger partial charge is 0.265 e. The van der Waals surface area contributed by atoms with Gasteiger partial charge >= 0.3 is 0 Å². The molecule has 0 atom stereocenters. The monoisotopic (exact) mass is 399 g/mol. The van der Waals surface area contributed by atoms with E-state index in [0.717, 1.165) is 35.6 Å². The van der Waals surface area contributed by atoms with E-state index in [1.54, 1.807) is 22.9 Å². The molecule has 4 aromatic rings. The van der Waals surface area contributed by atoms with Crippen LogP contribution >= 0.6 is 0 Å². The number of benzene rings is 1. The zero-order valence-corrected chi connectivity index (χ0v) is 16.3. The van der Waals surface area contributed by atoms with Crippen molar-refractivity contribution in [2.45, 2.75) is 19.5 Å². The second kappa shape index (κ2) is 7.57. The molecule has 1 amide bonds. The standard InChI is InChI=1S/C22H21N7O/c23-20(30)18-8-4-7-17-19(26-13-29(17)18)22-27-16-12-24-10-9-15(16)21(28-22)25-11-14-5-2-1-3-6-14/h1-8,13,24H,9-12H2,(H2,23,30)(H,25,27,28). The van der Waals surface area contributed by atoms with Crippen LogP contribution in [0.15, 0.2) is 54.9 Å². The Bertz CT molecular complexity index is 1230. The topological polar surface area (TPSA) is 110 Å². The zero-order chi connectivity index (χ0) is 20.5. The fourth-order valence-corrected chi connectivity index (χ4v) is 3.79. The third-order valence-corrected chi connectivity index (χ3v) is 5.28. The van der Waals surface area contributed by atoms with Crippen LogP contribution in [0.1, 0.15) is 27.3 Å². The number of aromatic nitrogens is 4. The normalized spacial score (nSPS) is 13.2. The number of rotatable bonds is 5. The van der Waals surface area contributed by atoms with Gasteiger partial charge in [-0.25, -0.2) is 15.0 Å². The Hall–Kier alpha value is -3.78. The lowest BCUT2D eigenvalue weighted by molar-refractivity contribution is 0.0994. The lowest BCUT2D eigenvalue weighted by Crippen LogP contribution is -2.26. The second-order valence-corrected chi connectivity index (χ2v) is 7.21. The Morgan fingerprint density at radius 2 is 2.00 bits per heavy atom. The first-order valence-corrected chi connectivity index (χ1v) is 9.85. The molecule has 8 nitrogen and oxygen atoms in total. The quantitative estimate of drug-likeness (QED) is 0.474. The SMILES string of the molecule is NC(=O)c1cccc2c(-c3nc4c(c(NCc5ccccc5)n3)CCNC4)ncn12. The van der Waals surface area contributed by atoms with E-state index in [4.69, 9.17) is 15.7 Å². The Balaban J connectivity index is 1.58. The second-order valence-electron chi connectivity index (χ2n) is 7.21. The number of nitrogens with one attached hydrogen (secondary N) is 2. The van der Waals surface area contributed by atoms with Gasteiger partial charge in [0.2, 0.25) is 0 Å². The lowest BCUT2D eigenvalue weighted by Gasteiger charge is -2.20. The number of amides is 1. The summed E-state index contributed by atoms with van der Waals surface area (Å²) < 4.78 is 1.68. The van der Waals surface area contributed by atoms with Gasteiger partial charge in [0.25, 0.3) is 5.91 Å². The summed E-state index contributed by atoms with van der Waals surface area (Å²) in [6, 6.07) is 15.6. The molecular formula is C22H21N7O. The van der Waals surface area contributed by atoms with Gasteiger partial charge in [-0.2, -0.15) is 0 Å². The summed E-state index contributed by atoms with van der Waals surface area (Å²) in [5.74, 6) is 0.843. The van der Waals surface area contributed by atoms with Gasteiger partial charge in [-0.3, -0.25) is 9.20 Å². The Labute approximate surface area is 173 Å². The highest BCUT2D eigenvalue weighted by Gasteiger charge is 2.21. The minimum atomic E-state index is -0.509. The van der Waals surface area contributed by atoms with E-state index in [1.165, 1.54) is 5.56 Å². The van der Waals surface area contributed by atoms with Crippen molar-refractivity contribution in [2.24, 2.45) is 5.73 Å². The number of hydrogen-bond acceptors (Lipinski definition) is 6. The van der Waals surface area contributed by atoms with Crippen LogP contribution in [0.3, 0.4) is 0 Å². The molecule has 4 N–H and O–H groups in total. The summed E-state index contributed by atoms with van der Waals surface area (Å²) in [6.07, 6.45) is 2.45. The van der Waals surface area contributed by atoms with Crippen LogP contribution in [0.2, 0.25) is 0 Å². The van der Waals surface area contributed by atoms with E-state index in [0.29, 0.717) is 30.3 Å². The highest BCUT2D eigenvalue weighted by atomic mass is 16.1. The molecule has 4 heterocycles. The number of nitrogens with two attached hydrogens (primary N) is 1. The highest BCUT2D eigenvalue weighted by molar-refractivity contribution is 5.92. The van der Waals surface area contributed by atoms with Crippen molar-refractivity contribution < 1.29 is 4.79 Å². The maximum Gasteiger partial charge on any atom is 0.265 e.